The van der Waals surface area contributed by atoms with Crippen LogP contribution in [0.5, 0.6) is 0 Å². The van der Waals surface area contributed by atoms with Gasteiger partial charge in [-0.25, -0.2) is 13.6 Å². The summed E-state index contributed by atoms with van der Waals surface area (Å²) in [5, 5.41) is 11.5. The lowest BCUT2D eigenvalue weighted by Gasteiger charge is -2.62. The molecule has 0 aromatic carbocycles. The molecule has 5 aliphatic rings. The van der Waals surface area contributed by atoms with Gasteiger partial charge in [-0.05, 0) is 69.5 Å². The highest BCUT2D eigenvalue weighted by atomic mass is 19.1. The summed E-state index contributed by atoms with van der Waals surface area (Å²) < 4.78 is 55.2. The Balaban J connectivity index is 1.41. The van der Waals surface area contributed by atoms with E-state index in [-0.39, 0.29) is 37.4 Å². The van der Waals surface area contributed by atoms with Gasteiger partial charge in [-0.15, -0.1) is 0 Å². The first kappa shape index (κ1) is 29.7. The molecule has 1 saturated heterocycles. The van der Waals surface area contributed by atoms with E-state index in [2.05, 4.69) is 11.5 Å². The number of allylic oxidation sites excluding steroid dienone is 4. The molecule has 1 aliphatic heterocycles. The van der Waals surface area contributed by atoms with E-state index in [4.69, 9.17) is 18.9 Å². The molecule has 5 rings (SSSR count). The number of ketones is 2. The third kappa shape index (κ3) is 4.09. The summed E-state index contributed by atoms with van der Waals surface area (Å²) in [6.45, 7) is 12.4. The molecule has 1 N–H and O–H groups in total. The highest BCUT2D eigenvalue weighted by molar-refractivity contribution is 6.01. The summed E-state index contributed by atoms with van der Waals surface area (Å²) in [5.74, 6) is -2.82. The van der Waals surface area contributed by atoms with Crippen molar-refractivity contribution in [1.29, 1.82) is 0 Å². The van der Waals surface area contributed by atoms with Gasteiger partial charge < -0.3 is 29.0 Å². The third-order valence-corrected chi connectivity index (χ3v) is 10.6. The van der Waals surface area contributed by atoms with Crippen molar-refractivity contribution < 1.29 is 47.2 Å². The Morgan fingerprint density at radius 1 is 1.20 bits per heavy atom. The second kappa shape index (κ2) is 10.2. The maximum absolute atomic E-state index is 17.4. The Morgan fingerprint density at radius 3 is 2.59 bits per heavy atom. The van der Waals surface area contributed by atoms with Gasteiger partial charge in [-0.1, -0.05) is 26.8 Å². The zero-order chi connectivity index (χ0) is 30.0. The highest BCUT2D eigenvalue weighted by Gasteiger charge is 2.80. The van der Waals surface area contributed by atoms with Crippen LogP contribution in [-0.2, 0) is 28.5 Å². The molecule has 0 aromatic heterocycles. The lowest BCUT2D eigenvalue weighted by Crippen LogP contribution is -2.70. The second-order valence-corrected chi connectivity index (χ2v) is 12.2. The quantitative estimate of drug-likeness (QED) is 0.431. The fourth-order valence-corrected chi connectivity index (χ4v) is 8.48. The molecule has 226 valence electrons. The lowest BCUT2D eigenvalue weighted by atomic mass is 9.44. The zero-order valence-corrected chi connectivity index (χ0v) is 24.0. The van der Waals surface area contributed by atoms with Gasteiger partial charge >= 0.3 is 6.16 Å². The number of carbonyl (C=O) groups excluding carboxylic acids is 3. The van der Waals surface area contributed by atoms with Crippen molar-refractivity contribution in [3.05, 3.63) is 36.3 Å². The van der Waals surface area contributed by atoms with Crippen molar-refractivity contribution in [2.24, 2.45) is 22.7 Å². The van der Waals surface area contributed by atoms with E-state index in [9.17, 15) is 19.5 Å². The Bertz CT molecular complexity index is 1200. The Morgan fingerprint density at radius 2 is 1.90 bits per heavy atom. The normalized spacial score (nSPS) is 42.3. The second-order valence-electron chi connectivity index (χ2n) is 12.2. The number of rotatable bonds is 8. The SMILES string of the molecule is C=C1O[C@@H]2C[C@H]3[C@@H]4C[C@H](F)C5=CC(=O)C=C[C@]5(C)[C@@]4(F)[C@@H](O)C[C@]3(C)[C@]2(C(=O)COC(=O)OCCN(CC)CC)O1. The number of hydrogen-bond acceptors (Lipinski definition) is 9. The summed E-state index contributed by atoms with van der Waals surface area (Å²) in [4.78, 5) is 40.3. The first-order chi connectivity index (χ1) is 19.3. The first-order valence-corrected chi connectivity index (χ1v) is 14.3. The minimum absolute atomic E-state index is 0.0177. The minimum atomic E-state index is -2.31. The standard InChI is InChI=1S/C30H39F2NO8/c1-6-33(7-2)10-11-38-26(37)39-16-24(36)30-25(40-17(3)41-30)14-19-20-13-22(31)21-12-18(34)8-9-27(21,4)29(20,32)23(35)15-28(19,30)5/h8-9,12,19-20,22-23,25,35H,3,6-7,10-11,13-16H2,1-2,4-5H3/t19-,20-,22-,23-,25+,27-,28-,29-,30+/m0/s1. The van der Waals surface area contributed by atoms with Crippen LogP contribution in [0.3, 0.4) is 0 Å². The molecule has 9 nitrogen and oxygen atoms in total. The number of ether oxygens (including phenoxy) is 4. The molecule has 9 atom stereocenters. The van der Waals surface area contributed by atoms with Crippen LogP contribution < -0.4 is 0 Å². The fraction of sp³-hybridized carbons (Fsp3) is 0.700. The number of halogens is 2. The number of Topliss-reactive ketones (excluding diaryl/α,β-unsaturated/α-hetero) is 1. The van der Waals surface area contributed by atoms with Gasteiger partial charge in [-0.3, -0.25) is 9.59 Å². The molecule has 0 amide bonds. The van der Waals surface area contributed by atoms with Crippen LogP contribution in [0, 0.1) is 22.7 Å². The summed E-state index contributed by atoms with van der Waals surface area (Å²) in [6.07, 6.45) is -1.79. The molecular weight excluding hydrogens is 540 g/mol. The number of alkyl halides is 2. The topological polar surface area (TPSA) is 112 Å². The molecule has 0 aromatic rings. The summed E-state index contributed by atoms with van der Waals surface area (Å²) >= 11 is 0. The van der Waals surface area contributed by atoms with E-state index < -0.39 is 76.6 Å². The average molecular weight is 580 g/mol. The van der Waals surface area contributed by atoms with Crippen LogP contribution in [-0.4, -0.2) is 90.2 Å². The average Bonchev–Trinajstić information content (AvgIpc) is 3.38. The van der Waals surface area contributed by atoms with Crippen molar-refractivity contribution in [2.75, 3.05) is 32.8 Å². The van der Waals surface area contributed by atoms with Crippen LogP contribution in [0.1, 0.15) is 47.0 Å². The van der Waals surface area contributed by atoms with Crippen LogP contribution in [0.25, 0.3) is 0 Å². The van der Waals surface area contributed by atoms with Gasteiger partial charge in [0.15, 0.2) is 18.1 Å². The van der Waals surface area contributed by atoms with Gasteiger partial charge in [0, 0.05) is 23.3 Å². The van der Waals surface area contributed by atoms with Crippen LogP contribution in [0.15, 0.2) is 36.3 Å². The maximum atomic E-state index is 17.4. The van der Waals surface area contributed by atoms with Gasteiger partial charge in [0.25, 0.3) is 5.95 Å². The minimum Gasteiger partial charge on any atom is -0.458 e. The molecule has 41 heavy (non-hydrogen) atoms. The summed E-state index contributed by atoms with van der Waals surface area (Å²) in [6, 6.07) is 0. The number of fused-ring (bicyclic) bond motifs is 7. The molecule has 0 radical (unpaired) electrons. The van der Waals surface area contributed by atoms with Crippen molar-refractivity contribution in [3.63, 3.8) is 0 Å². The van der Waals surface area contributed by atoms with Crippen LogP contribution in [0.2, 0.25) is 0 Å². The van der Waals surface area contributed by atoms with Crippen LogP contribution in [0.4, 0.5) is 13.6 Å². The highest BCUT2D eigenvalue weighted by Crippen LogP contribution is 2.72. The monoisotopic (exact) mass is 579 g/mol. The number of likely N-dealkylation sites (N-methyl/N-ethyl adjacent to an activating group) is 1. The van der Waals surface area contributed by atoms with E-state index in [1.54, 1.807) is 6.92 Å². The molecule has 4 aliphatic carbocycles. The molecule has 11 heteroatoms. The predicted molar refractivity (Wildman–Crippen MR) is 142 cm³/mol. The van der Waals surface area contributed by atoms with Crippen molar-refractivity contribution in [1.82, 2.24) is 4.90 Å². The molecule has 0 spiro atoms. The molecule has 4 fully saturated rings. The molecule has 1 heterocycles. The fourth-order valence-electron chi connectivity index (χ4n) is 8.48. The van der Waals surface area contributed by atoms with E-state index in [1.807, 2.05) is 13.8 Å². The van der Waals surface area contributed by atoms with Crippen molar-refractivity contribution >= 4 is 17.7 Å². The molecule has 3 saturated carbocycles. The van der Waals surface area contributed by atoms with Crippen LogP contribution >= 0.6 is 0 Å². The lowest BCUT2D eigenvalue weighted by molar-refractivity contribution is -0.222. The van der Waals surface area contributed by atoms with E-state index in [0.717, 1.165) is 19.2 Å². The van der Waals surface area contributed by atoms with Gasteiger partial charge in [0.05, 0.1) is 6.10 Å². The van der Waals surface area contributed by atoms with E-state index in [1.165, 1.54) is 19.1 Å². The number of nitrogens with zero attached hydrogens (tertiary/aromatic N) is 1. The van der Waals surface area contributed by atoms with Crippen molar-refractivity contribution in [3.8, 4) is 0 Å². The number of aliphatic hydroxyl groups is 1. The first-order valence-electron chi connectivity index (χ1n) is 14.3. The van der Waals surface area contributed by atoms with E-state index in [0.29, 0.717) is 6.54 Å². The smallest absolute Gasteiger partial charge is 0.458 e. The zero-order valence-electron chi connectivity index (χ0n) is 24.0. The molecular formula is C30H39F2NO8. The van der Waals surface area contributed by atoms with Crippen molar-refractivity contribution in [2.45, 2.75) is 76.6 Å². The Kier molecular flexibility index (Phi) is 7.38. The summed E-state index contributed by atoms with van der Waals surface area (Å²) in [5.41, 5.74) is -6.80. The van der Waals surface area contributed by atoms with Gasteiger partial charge in [0.2, 0.25) is 11.4 Å². The summed E-state index contributed by atoms with van der Waals surface area (Å²) in [7, 11) is 0. The maximum Gasteiger partial charge on any atom is 0.508 e. The Labute approximate surface area is 238 Å². The molecule has 0 bridgehead atoms. The number of carbonyl (C=O) groups is 3. The van der Waals surface area contributed by atoms with Gasteiger partial charge in [-0.2, -0.15) is 0 Å². The van der Waals surface area contributed by atoms with E-state index >= 15 is 8.78 Å². The molecule has 0 unspecified atom stereocenters. The predicted octanol–water partition coefficient (Wildman–Crippen LogP) is 3.60. The third-order valence-electron chi connectivity index (χ3n) is 10.6. The largest absolute Gasteiger partial charge is 0.508 e. The Hall–Kier alpha value is -2.79. The number of hydrogen-bond donors (Lipinski definition) is 1. The van der Waals surface area contributed by atoms with Gasteiger partial charge in [0.1, 0.15) is 18.9 Å². The number of aliphatic hydroxyl groups excluding tert-OH is 1.